The zero-order chi connectivity index (χ0) is 24.2. The number of aliphatic hydroxyl groups excluding tert-OH is 1. The standard InChI is InChI=1S/C24H22NO.C5H8O2.Ir/c1-16-10-18(12-20(11-16)24(2,3)4)21-14-23-19(15-25-21)13-22(26-23)17-8-6-5-7-9-17;1-4(6)3-5(2)7;/h5-9,11-15H,1-4H3;3,6H,1-2H3;/q-1;;/b;4-3-;. The molecule has 0 amide bonds. The summed E-state index contributed by atoms with van der Waals surface area (Å²) in [5.41, 5.74) is 6.32. The van der Waals surface area contributed by atoms with E-state index in [4.69, 9.17) is 9.52 Å². The van der Waals surface area contributed by atoms with Crippen LogP contribution in [0.5, 0.6) is 0 Å². The van der Waals surface area contributed by atoms with Crippen LogP contribution in [0.4, 0.5) is 0 Å². The van der Waals surface area contributed by atoms with Gasteiger partial charge >= 0.3 is 0 Å². The molecule has 4 rings (SSSR count). The van der Waals surface area contributed by atoms with Gasteiger partial charge in [0.2, 0.25) is 0 Å². The van der Waals surface area contributed by atoms with Crippen molar-refractivity contribution < 1.29 is 34.4 Å². The van der Waals surface area contributed by atoms with E-state index in [9.17, 15) is 4.79 Å². The van der Waals surface area contributed by atoms with Crippen LogP contribution in [0.3, 0.4) is 0 Å². The first kappa shape index (κ1) is 27.2. The van der Waals surface area contributed by atoms with E-state index in [1.54, 1.807) is 0 Å². The molecule has 0 aliphatic heterocycles. The van der Waals surface area contributed by atoms with Gasteiger partial charge in [0, 0.05) is 43.3 Å². The number of pyridine rings is 1. The molecule has 0 unspecified atom stereocenters. The van der Waals surface area contributed by atoms with E-state index in [0.29, 0.717) is 0 Å². The van der Waals surface area contributed by atoms with Crippen molar-refractivity contribution in [2.45, 2.75) is 47.0 Å². The van der Waals surface area contributed by atoms with Crippen LogP contribution in [0.2, 0.25) is 0 Å². The molecule has 4 nitrogen and oxygen atoms in total. The van der Waals surface area contributed by atoms with Gasteiger partial charge in [-0.1, -0.05) is 58.0 Å². The third-order valence-electron chi connectivity index (χ3n) is 5.02. The third kappa shape index (κ3) is 7.24. The summed E-state index contributed by atoms with van der Waals surface area (Å²) in [4.78, 5) is 14.7. The minimum Gasteiger partial charge on any atom is -0.512 e. The number of carbonyl (C=O) groups is 1. The Bertz CT molecular complexity index is 1290. The Kier molecular flexibility index (Phi) is 9.14. The fourth-order valence-corrected chi connectivity index (χ4v) is 3.41. The van der Waals surface area contributed by atoms with Crippen LogP contribution in [0, 0.1) is 13.0 Å². The fraction of sp³-hybridized carbons (Fsp3) is 0.241. The zero-order valence-electron chi connectivity index (χ0n) is 20.4. The van der Waals surface area contributed by atoms with Gasteiger partial charge in [-0.15, -0.1) is 34.9 Å². The predicted octanol–water partition coefficient (Wildman–Crippen LogP) is 7.60. The number of aryl methyl sites for hydroxylation is 1. The molecule has 2 heterocycles. The topological polar surface area (TPSA) is 63.3 Å². The molecule has 179 valence electrons. The van der Waals surface area contributed by atoms with Gasteiger partial charge in [0.25, 0.3) is 0 Å². The average Bonchev–Trinajstić information content (AvgIpc) is 3.16. The maximum Gasteiger partial charge on any atom is 0.155 e. The molecule has 2 aromatic heterocycles. The number of nitrogens with zero attached hydrogens (tertiary/aromatic N) is 1. The minimum absolute atomic E-state index is 0. The molecule has 0 aliphatic rings. The van der Waals surface area contributed by atoms with Gasteiger partial charge in [0.1, 0.15) is 11.3 Å². The van der Waals surface area contributed by atoms with Crippen LogP contribution >= 0.6 is 0 Å². The molecular weight excluding hydrogens is 603 g/mol. The number of hydrogen-bond acceptors (Lipinski definition) is 4. The molecule has 0 spiro atoms. The fourth-order valence-electron chi connectivity index (χ4n) is 3.41. The number of carbonyl (C=O) groups excluding carboxylic acids is 1. The monoisotopic (exact) mass is 633 g/mol. The normalized spacial score (nSPS) is 11.4. The number of fused-ring (bicyclic) bond motifs is 1. The third-order valence-corrected chi connectivity index (χ3v) is 5.02. The van der Waals surface area contributed by atoms with Crippen molar-refractivity contribution in [2.24, 2.45) is 0 Å². The number of aromatic nitrogens is 1. The Morgan fingerprint density at radius 3 is 2.29 bits per heavy atom. The first-order valence-corrected chi connectivity index (χ1v) is 10.9. The first-order chi connectivity index (χ1) is 15.5. The molecule has 0 atom stereocenters. The van der Waals surface area contributed by atoms with Crippen LogP contribution in [0.15, 0.2) is 77.0 Å². The van der Waals surface area contributed by atoms with E-state index < -0.39 is 0 Å². The molecule has 2 aromatic carbocycles. The summed E-state index contributed by atoms with van der Waals surface area (Å²) >= 11 is 0. The van der Waals surface area contributed by atoms with Gasteiger partial charge in [0.05, 0.1) is 5.76 Å². The van der Waals surface area contributed by atoms with Crippen molar-refractivity contribution in [2.75, 3.05) is 0 Å². The smallest absolute Gasteiger partial charge is 0.155 e. The van der Waals surface area contributed by atoms with Crippen molar-refractivity contribution in [3.63, 3.8) is 0 Å². The minimum atomic E-state index is -0.125. The van der Waals surface area contributed by atoms with E-state index >= 15 is 0 Å². The molecule has 5 heteroatoms. The molecule has 0 bridgehead atoms. The van der Waals surface area contributed by atoms with Gasteiger partial charge in [0.15, 0.2) is 5.78 Å². The molecular formula is C29H30IrNO3-. The van der Waals surface area contributed by atoms with E-state index in [-0.39, 0.29) is 37.1 Å². The van der Waals surface area contributed by atoms with Gasteiger partial charge in [-0.2, -0.15) is 0 Å². The second-order valence-electron chi connectivity index (χ2n) is 9.20. The Morgan fingerprint density at radius 1 is 1.06 bits per heavy atom. The van der Waals surface area contributed by atoms with Crippen molar-refractivity contribution in [1.29, 1.82) is 0 Å². The largest absolute Gasteiger partial charge is 0.512 e. The summed E-state index contributed by atoms with van der Waals surface area (Å²) in [6.07, 6.45) is 3.05. The molecule has 4 aromatic rings. The Morgan fingerprint density at radius 2 is 1.74 bits per heavy atom. The molecule has 1 N–H and O–H groups in total. The second kappa shape index (κ2) is 11.4. The summed E-state index contributed by atoms with van der Waals surface area (Å²) < 4.78 is 6.09. The maximum atomic E-state index is 10.0. The summed E-state index contributed by atoms with van der Waals surface area (Å²) in [6, 6.07) is 22.0. The SMILES string of the molecule is CC(=O)/C=C(/C)O.Cc1[c-]c(-c2cc3oc(-c4ccccc4)cc3cn2)cc(C(C)(C)C)c1.[Ir]. The first-order valence-electron chi connectivity index (χ1n) is 10.9. The summed E-state index contributed by atoms with van der Waals surface area (Å²) in [5, 5.41) is 9.37. The van der Waals surface area contributed by atoms with E-state index in [2.05, 4.69) is 63.0 Å². The van der Waals surface area contributed by atoms with Gasteiger partial charge in [-0.25, -0.2) is 0 Å². The van der Waals surface area contributed by atoms with Gasteiger partial charge in [-0.3, -0.25) is 4.79 Å². The molecule has 0 saturated heterocycles. The van der Waals surface area contributed by atoms with Crippen molar-refractivity contribution >= 4 is 16.8 Å². The second-order valence-corrected chi connectivity index (χ2v) is 9.20. The van der Waals surface area contributed by atoms with Gasteiger partial charge in [-0.05, 0) is 37.1 Å². The number of allylic oxidation sites excluding steroid dienone is 2. The summed E-state index contributed by atoms with van der Waals surface area (Å²) in [7, 11) is 0. The van der Waals surface area contributed by atoms with Crippen molar-refractivity contribution in [1.82, 2.24) is 4.98 Å². The Balaban J connectivity index is 0.000000449. The number of aliphatic hydroxyl groups is 1. The zero-order valence-corrected chi connectivity index (χ0v) is 22.8. The maximum absolute atomic E-state index is 10.0. The molecule has 0 saturated carbocycles. The van der Waals surface area contributed by atoms with Crippen LogP contribution in [-0.4, -0.2) is 15.9 Å². The molecule has 34 heavy (non-hydrogen) atoms. The summed E-state index contributed by atoms with van der Waals surface area (Å²) in [5.74, 6) is 0.802. The number of benzene rings is 2. The van der Waals surface area contributed by atoms with Crippen molar-refractivity contribution in [3.8, 4) is 22.6 Å². The van der Waals surface area contributed by atoms with E-state index in [1.165, 1.54) is 25.5 Å². The van der Waals surface area contributed by atoms with Gasteiger partial charge < -0.3 is 14.5 Å². The molecule has 0 aliphatic carbocycles. The number of hydrogen-bond donors (Lipinski definition) is 1. The Labute approximate surface area is 215 Å². The van der Waals surface area contributed by atoms with Crippen LogP contribution in [0.25, 0.3) is 33.6 Å². The number of furan rings is 1. The number of rotatable bonds is 3. The Hall–Kier alpha value is -3.01. The molecule has 0 fully saturated rings. The quantitative estimate of drug-likeness (QED) is 0.144. The van der Waals surface area contributed by atoms with E-state index in [0.717, 1.165) is 39.1 Å². The average molecular weight is 633 g/mol. The van der Waals surface area contributed by atoms with E-state index in [1.807, 2.05) is 36.5 Å². The summed E-state index contributed by atoms with van der Waals surface area (Å²) in [6.45, 7) is 11.6. The molecule has 1 radical (unpaired) electrons. The number of ketones is 1. The van der Waals surface area contributed by atoms with Crippen molar-refractivity contribution in [3.05, 3.63) is 89.8 Å². The van der Waals surface area contributed by atoms with Crippen LogP contribution in [0.1, 0.15) is 45.7 Å². The van der Waals surface area contributed by atoms with Crippen LogP contribution < -0.4 is 0 Å². The predicted molar refractivity (Wildman–Crippen MR) is 134 cm³/mol. The van der Waals surface area contributed by atoms with Crippen LogP contribution in [-0.2, 0) is 30.3 Å².